The molecule has 2 heterocycles. The predicted molar refractivity (Wildman–Crippen MR) is 106 cm³/mol. The second-order valence-electron chi connectivity index (χ2n) is 6.12. The first-order valence-corrected chi connectivity index (χ1v) is 9.61. The Bertz CT molecular complexity index is 946. The van der Waals surface area contributed by atoms with Gasteiger partial charge in [-0.15, -0.1) is 0 Å². The number of aromatic nitrogens is 2. The molecule has 0 bridgehead atoms. The number of imidazole rings is 1. The molecule has 3 aromatic rings. The maximum atomic E-state index is 12.1. The number of benzene rings is 2. The molecule has 2 amide bonds. The van der Waals surface area contributed by atoms with Crippen LogP contribution in [0.3, 0.4) is 0 Å². The number of nitrogens with zero attached hydrogens (tertiary/aromatic N) is 2. The number of fused-ring (bicyclic) bond motifs is 1. The Balaban J connectivity index is 1.32. The van der Waals surface area contributed by atoms with Crippen molar-refractivity contribution in [2.75, 3.05) is 17.6 Å². The van der Waals surface area contributed by atoms with Gasteiger partial charge >= 0.3 is 0 Å². The summed E-state index contributed by atoms with van der Waals surface area (Å²) in [6.07, 6.45) is 2.06. The zero-order valence-electron chi connectivity index (χ0n) is 14.5. The topological polar surface area (TPSA) is 76.0 Å². The van der Waals surface area contributed by atoms with Crippen molar-refractivity contribution in [1.82, 2.24) is 14.9 Å². The summed E-state index contributed by atoms with van der Waals surface area (Å²) in [6.45, 7) is 0.913. The smallest absolute Gasteiger partial charge is 0.251 e. The standard InChI is InChI=1S/C20H18N4O2S/c25-18(12-21-19(26)15-4-2-1-3-5-15)22-16-8-6-14(7-9-16)17-13-24-10-11-27-20(24)23-17/h1-9,13H,10-12H2,(H,21,26)(H,22,25). The lowest BCUT2D eigenvalue weighted by Gasteiger charge is -2.07. The fraction of sp³-hybridized carbons (Fsp3) is 0.150. The normalized spacial score (nSPS) is 12.4. The van der Waals surface area contributed by atoms with Crippen LogP contribution < -0.4 is 10.6 Å². The molecule has 136 valence electrons. The van der Waals surface area contributed by atoms with Gasteiger partial charge in [-0.05, 0) is 24.3 Å². The molecule has 0 spiro atoms. The highest BCUT2D eigenvalue weighted by Gasteiger charge is 2.15. The molecule has 0 unspecified atom stereocenters. The quantitative estimate of drug-likeness (QED) is 0.716. The van der Waals surface area contributed by atoms with Gasteiger partial charge in [0.05, 0.1) is 12.2 Å². The molecule has 1 aromatic heterocycles. The van der Waals surface area contributed by atoms with Gasteiger partial charge in [-0.3, -0.25) is 9.59 Å². The molecule has 1 aliphatic rings. The van der Waals surface area contributed by atoms with Crippen molar-refractivity contribution in [3.8, 4) is 11.3 Å². The molecule has 0 radical (unpaired) electrons. The molecule has 6 nitrogen and oxygen atoms in total. The molecule has 0 saturated heterocycles. The minimum atomic E-state index is -0.274. The Hall–Kier alpha value is -3.06. The first-order chi connectivity index (χ1) is 13.2. The summed E-state index contributed by atoms with van der Waals surface area (Å²) in [5.74, 6) is 0.533. The van der Waals surface area contributed by atoms with Crippen LogP contribution in [0.15, 0.2) is 66.0 Å². The van der Waals surface area contributed by atoms with E-state index in [1.165, 1.54) is 0 Å². The third-order valence-electron chi connectivity index (χ3n) is 4.21. The lowest BCUT2D eigenvalue weighted by Crippen LogP contribution is -2.32. The number of hydrogen-bond donors (Lipinski definition) is 2. The molecule has 0 atom stereocenters. The van der Waals surface area contributed by atoms with Crippen LogP contribution in [0.2, 0.25) is 0 Å². The number of aryl methyl sites for hydroxylation is 1. The van der Waals surface area contributed by atoms with Gasteiger partial charge in [0.15, 0.2) is 5.16 Å². The molecule has 0 aliphatic carbocycles. The minimum Gasteiger partial charge on any atom is -0.343 e. The summed E-state index contributed by atoms with van der Waals surface area (Å²) in [6, 6.07) is 16.3. The predicted octanol–water partition coefficient (Wildman–Crippen LogP) is 3.02. The van der Waals surface area contributed by atoms with Crippen molar-refractivity contribution >= 4 is 29.3 Å². The third kappa shape index (κ3) is 4.03. The third-order valence-corrected chi connectivity index (χ3v) is 5.18. The zero-order chi connectivity index (χ0) is 18.6. The lowest BCUT2D eigenvalue weighted by atomic mass is 10.1. The van der Waals surface area contributed by atoms with E-state index in [0.717, 1.165) is 28.7 Å². The van der Waals surface area contributed by atoms with Crippen molar-refractivity contribution in [1.29, 1.82) is 0 Å². The number of nitrogens with one attached hydrogen (secondary N) is 2. The lowest BCUT2D eigenvalue weighted by molar-refractivity contribution is -0.115. The number of rotatable bonds is 5. The Labute approximate surface area is 161 Å². The SMILES string of the molecule is O=C(CNC(=O)c1ccccc1)Nc1ccc(-c2cn3c(n2)SCC3)cc1. The second-order valence-corrected chi connectivity index (χ2v) is 7.19. The Morgan fingerprint density at radius 1 is 1.07 bits per heavy atom. The van der Waals surface area contributed by atoms with Crippen molar-refractivity contribution < 1.29 is 9.59 Å². The summed E-state index contributed by atoms with van der Waals surface area (Å²) in [7, 11) is 0. The molecule has 2 aromatic carbocycles. The van der Waals surface area contributed by atoms with E-state index in [4.69, 9.17) is 0 Å². The van der Waals surface area contributed by atoms with E-state index in [9.17, 15) is 9.59 Å². The molecule has 0 fully saturated rings. The van der Waals surface area contributed by atoms with Gasteiger partial charge in [0.2, 0.25) is 5.91 Å². The van der Waals surface area contributed by atoms with E-state index in [0.29, 0.717) is 11.3 Å². The largest absolute Gasteiger partial charge is 0.343 e. The first-order valence-electron chi connectivity index (χ1n) is 8.62. The number of carbonyl (C=O) groups is 2. The second kappa shape index (κ2) is 7.67. The van der Waals surface area contributed by atoms with E-state index in [-0.39, 0.29) is 18.4 Å². The molecular formula is C20H18N4O2S. The van der Waals surface area contributed by atoms with Gasteiger partial charge < -0.3 is 15.2 Å². The first kappa shape index (κ1) is 17.4. The van der Waals surface area contributed by atoms with Crippen LogP contribution in [-0.2, 0) is 11.3 Å². The van der Waals surface area contributed by atoms with E-state index in [1.54, 1.807) is 36.0 Å². The molecule has 0 saturated carbocycles. The van der Waals surface area contributed by atoms with Crippen LogP contribution in [0.25, 0.3) is 11.3 Å². The number of anilines is 1. The summed E-state index contributed by atoms with van der Waals surface area (Å²) in [4.78, 5) is 28.6. The van der Waals surface area contributed by atoms with Crippen LogP contribution in [0, 0.1) is 0 Å². The number of carbonyl (C=O) groups excluding carboxylic acids is 2. The van der Waals surface area contributed by atoms with Crippen molar-refractivity contribution in [2.45, 2.75) is 11.7 Å². The van der Waals surface area contributed by atoms with E-state index in [1.807, 2.05) is 30.3 Å². The Morgan fingerprint density at radius 3 is 2.59 bits per heavy atom. The van der Waals surface area contributed by atoms with Crippen molar-refractivity contribution in [3.05, 3.63) is 66.4 Å². The highest BCUT2D eigenvalue weighted by Crippen LogP contribution is 2.29. The fourth-order valence-electron chi connectivity index (χ4n) is 2.83. The van der Waals surface area contributed by atoms with Crippen LogP contribution >= 0.6 is 11.8 Å². The molecule has 1 aliphatic heterocycles. The summed E-state index contributed by atoms with van der Waals surface area (Å²) < 4.78 is 2.16. The van der Waals surface area contributed by atoms with Gasteiger partial charge in [0.25, 0.3) is 5.91 Å². The maximum absolute atomic E-state index is 12.1. The highest BCUT2D eigenvalue weighted by atomic mass is 32.2. The zero-order valence-corrected chi connectivity index (χ0v) is 15.3. The Morgan fingerprint density at radius 2 is 1.85 bits per heavy atom. The molecule has 4 rings (SSSR count). The van der Waals surface area contributed by atoms with Crippen LogP contribution in [0.5, 0.6) is 0 Å². The van der Waals surface area contributed by atoms with Crippen molar-refractivity contribution in [2.24, 2.45) is 0 Å². The highest BCUT2D eigenvalue weighted by molar-refractivity contribution is 7.99. The minimum absolute atomic E-state index is 0.0829. The molecular weight excluding hydrogens is 360 g/mol. The van der Waals surface area contributed by atoms with Gasteiger partial charge in [-0.25, -0.2) is 4.98 Å². The monoisotopic (exact) mass is 378 g/mol. The van der Waals surface area contributed by atoms with Gasteiger partial charge in [-0.1, -0.05) is 42.1 Å². The van der Waals surface area contributed by atoms with Gasteiger partial charge in [-0.2, -0.15) is 0 Å². The van der Waals surface area contributed by atoms with Crippen LogP contribution in [0.1, 0.15) is 10.4 Å². The molecule has 7 heteroatoms. The summed E-state index contributed by atoms with van der Waals surface area (Å²) >= 11 is 1.76. The van der Waals surface area contributed by atoms with Gasteiger partial charge in [0, 0.05) is 35.3 Å². The fourth-order valence-corrected chi connectivity index (χ4v) is 3.77. The molecule has 2 N–H and O–H groups in total. The van der Waals surface area contributed by atoms with E-state index in [2.05, 4.69) is 26.4 Å². The van der Waals surface area contributed by atoms with Gasteiger partial charge in [0.1, 0.15) is 0 Å². The number of hydrogen-bond acceptors (Lipinski definition) is 4. The van der Waals surface area contributed by atoms with E-state index >= 15 is 0 Å². The number of thioether (sulfide) groups is 1. The average Bonchev–Trinajstić information content (AvgIpc) is 3.30. The number of amides is 2. The summed E-state index contributed by atoms with van der Waals surface area (Å²) in [5.41, 5.74) is 3.15. The van der Waals surface area contributed by atoms with Crippen LogP contribution in [0.4, 0.5) is 5.69 Å². The van der Waals surface area contributed by atoms with Crippen LogP contribution in [-0.4, -0.2) is 33.7 Å². The Kier molecular flexibility index (Phi) is 4.93. The van der Waals surface area contributed by atoms with Crippen molar-refractivity contribution in [3.63, 3.8) is 0 Å². The van der Waals surface area contributed by atoms with E-state index < -0.39 is 0 Å². The average molecular weight is 378 g/mol. The maximum Gasteiger partial charge on any atom is 0.251 e. The summed E-state index contributed by atoms with van der Waals surface area (Å²) in [5, 5.41) is 6.45. The molecule has 27 heavy (non-hydrogen) atoms.